The van der Waals surface area contributed by atoms with Crippen LogP contribution in [-0.4, -0.2) is 29.2 Å². The van der Waals surface area contributed by atoms with Crippen LogP contribution in [0.3, 0.4) is 0 Å². The minimum absolute atomic E-state index is 1.02. The molecular weight excluding hydrogens is 234 g/mol. The van der Waals surface area contributed by atoms with Crippen molar-refractivity contribution in [2.45, 2.75) is 24.2 Å². The Hall–Kier alpha value is -0.540. The molecular formula is C13H17NS2. The topological polar surface area (TPSA) is 3.24 Å². The highest BCUT2D eigenvalue weighted by atomic mass is 32.2. The maximum atomic E-state index is 5.54. The summed E-state index contributed by atoms with van der Waals surface area (Å²) in [5.41, 5.74) is 1.19. The van der Waals surface area contributed by atoms with E-state index in [0.717, 1.165) is 18.1 Å². The lowest BCUT2D eigenvalue weighted by Crippen LogP contribution is -2.34. The molecule has 1 fully saturated rings. The molecule has 3 heteroatoms. The van der Waals surface area contributed by atoms with Crippen molar-refractivity contribution in [3.63, 3.8) is 0 Å². The average molecular weight is 251 g/mol. The summed E-state index contributed by atoms with van der Waals surface area (Å²) in [5.74, 6) is 0. The third-order valence-corrected chi connectivity index (χ3v) is 4.22. The number of rotatable bonds is 2. The van der Waals surface area contributed by atoms with E-state index in [2.05, 4.69) is 35.4 Å². The molecule has 1 heterocycles. The Morgan fingerprint density at radius 3 is 2.31 bits per heavy atom. The van der Waals surface area contributed by atoms with Gasteiger partial charge < -0.3 is 4.90 Å². The van der Waals surface area contributed by atoms with E-state index in [0.29, 0.717) is 0 Å². The summed E-state index contributed by atoms with van der Waals surface area (Å²) in [5, 5.41) is 0. The van der Waals surface area contributed by atoms with Crippen molar-refractivity contribution in [2.24, 2.45) is 0 Å². The molecule has 0 spiro atoms. The van der Waals surface area contributed by atoms with Gasteiger partial charge in [-0.25, -0.2) is 0 Å². The summed E-state index contributed by atoms with van der Waals surface area (Å²) in [4.78, 5) is 4.66. The molecule has 1 aromatic rings. The lowest BCUT2D eigenvalue weighted by atomic mass is 10.1. The molecule has 0 atom stereocenters. The zero-order valence-electron chi connectivity index (χ0n) is 9.61. The van der Waals surface area contributed by atoms with Crippen molar-refractivity contribution < 1.29 is 0 Å². The van der Waals surface area contributed by atoms with Crippen molar-refractivity contribution in [3.05, 3.63) is 29.8 Å². The van der Waals surface area contributed by atoms with E-state index in [1.807, 2.05) is 0 Å². The predicted molar refractivity (Wildman–Crippen MR) is 75.3 cm³/mol. The SMILES string of the molecule is CSc1ccc(C(=S)N2CCCCC2)cc1. The van der Waals surface area contributed by atoms with Gasteiger partial charge in [-0.1, -0.05) is 24.4 Å². The number of nitrogens with zero attached hydrogens (tertiary/aromatic N) is 1. The van der Waals surface area contributed by atoms with Gasteiger partial charge in [0.05, 0.1) is 0 Å². The standard InChI is InChI=1S/C13H17NS2/c1-16-12-7-5-11(6-8-12)13(15)14-9-3-2-4-10-14/h5-8H,2-4,9-10H2,1H3. The first kappa shape index (κ1) is 11.9. The van der Waals surface area contributed by atoms with Crippen LogP contribution in [0.2, 0.25) is 0 Å². The molecule has 1 saturated heterocycles. The van der Waals surface area contributed by atoms with Crippen LogP contribution < -0.4 is 0 Å². The molecule has 1 aliphatic rings. The molecule has 0 saturated carbocycles. The highest BCUT2D eigenvalue weighted by Gasteiger charge is 2.14. The number of thioether (sulfide) groups is 1. The number of thiocarbonyl (C=S) groups is 1. The highest BCUT2D eigenvalue weighted by Crippen LogP contribution is 2.18. The number of hydrogen-bond donors (Lipinski definition) is 0. The Balaban J connectivity index is 2.07. The van der Waals surface area contributed by atoms with Crippen molar-refractivity contribution in [1.82, 2.24) is 4.90 Å². The number of piperidine rings is 1. The number of hydrogen-bond acceptors (Lipinski definition) is 2. The van der Waals surface area contributed by atoms with E-state index >= 15 is 0 Å². The zero-order chi connectivity index (χ0) is 11.4. The summed E-state index contributed by atoms with van der Waals surface area (Å²) < 4.78 is 0. The van der Waals surface area contributed by atoms with E-state index in [-0.39, 0.29) is 0 Å². The Morgan fingerprint density at radius 2 is 1.75 bits per heavy atom. The molecule has 0 aliphatic carbocycles. The fourth-order valence-electron chi connectivity index (χ4n) is 2.01. The van der Waals surface area contributed by atoms with Crippen LogP contribution in [0.25, 0.3) is 0 Å². The van der Waals surface area contributed by atoms with Gasteiger partial charge in [0.2, 0.25) is 0 Å². The first-order valence-electron chi connectivity index (χ1n) is 5.74. The van der Waals surface area contributed by atoms with Crippen LogP contribution in [0.5, 0.6) is 0 Å². The second-order valence-corrected chi connectivity index (χ2v) is 5.35. The quantitative estimate of drug-likeness (QED) is 0.584. The number of benzene rings is 1. The van der Waals surface area contributed by atoms with Gasteiger partial charge in [-0.2, -0.15) is 0 Å². The predicted octanol–water partition coefficient (Wildman–Crippen LogP) is 3.57. The van der Waals surface area contributed by atoms with Crippen LogP contribution in [0.4, 0.5) is 0 Å². The van der Waals surface area contributed by atoms with Crippen LogP contribution in [0, 0.1) is 0 Å². The van der Waals surface area contributed by atoms with Crippen molar-refractivity contribution >= 4 is 29.0 Å². The number of likely N-dealkylation sites (tertiary alicyclic amines) is 1. The lowest BCUT2D eigenvalue weighted by molar-refractivity contribution is 0.347. The second kappa shape index (κ2) is 5.69. The van der Waals surface area contributed by atoms with Crippen LogP contribution in [0.1, 0.15) is 24.8 Å². The lowest BCUT2D eigenvalue weighted by Gasteiger charge is -2.29. The van der Waals surface area contributed by atoms with E-state index in [4.69, 9.17) is 12.2 Å². The summed E-state index contributed by atoms with van der Waals surface area (Å²) in [6.07, 6.45) is 6.01. The minimum Gasteiger partial charge on any atom is -0.362 e. The van der Waals surface area contributed by atoms with Gasteiger partial charge in [0, 0.05) is 23.5 Å². The molecule has 2 rings (SSSR count). The first-order valence-corrected chi connectivity index (χ1v) is 7.38. The van der Waals surface area contributed by atoms with Gasteiger partial charge in [-0.3, -0.25) is 0 Å². The summed E-state index contributed by atoms with van der Waals surface area (Å²) in [7, 11) is 0. The summed E-state index contributed by atoms with van der Waals surface area (Å²) in [6.45, 7) is 2.26. The van der Waals surface area contributed by atoms with Crippen molar-refractivity contribution in [3.8, 4) is 0 Å². The molecule has 0 aromatic heterocycles. The second-order valence-electron chi connectivity index (χ2n) is 4.08. The van der Waals surface area contributed by atoms with E-state index in [1.165, 1.54) is 29.7 Å². The summed E-state index contributed by atoms with van der Waals surface area (Å²) in [6, 6.07) is 8.58. The van der Waals surface area contributed by atoms with Crippen LogP contribution >= 0.6 is 24.0 Å². The fourth-order valence-corrected chi connectivity index (χ4v) is 2.74. The van der Waals surface area contributed by atoms with E-state index in [9.17, 15) is 0 Å². The Labute approximate surface area is 107 Å². The molecule has 0 bridgehead atoms. The normalized spacial score (nSPS) is 16.2. The van der Waals surface area contributed by atoms with Gasteiger partial charge in [0.25, 0.3) is 0 Å². The fraction of sp³-hybridized carbons (Fsp3) is 0.462. The van der Waals surface area contributed by atoms with Gasteiger partial charge in [-0.05, 0) is 37.7 Å². The molecule has 1 nitrogen and oxygen atoms in total. The summed E-state index contributed by atoms with van der Waals surface area (Å²) >= 11 is 7.31. The van der Waals surface area contributed by atoms with Crippen LogP contribution in [-0.2, 0) is 0 Å². The Bertz CT molecular complexity index is 353. The molecule has 1 aromatic carbocycles. The maximum Gasteiger partial charge on any atom is 0.109 e. The molecule has 86 valence electrons. The maximum absolute atomic E-state index is 5.54. The van der Waals surface area contributed by atoms with Crippen LogP contribution in [0.15, 0.2) is 29.2 Å². The molecule has 1 aliphatic heterocycles. The smallest absolute Gasteiger partial charge is 0.109 e. The van der Waals surface area contributed by atoms with Gasteiger partial charge >= 0.3 is 0 Å². The van der Waals surface area contributed by atoms with E-state index < -0.39 is 0 Å². The van der Waals surface area contributed by atoms with Gasteiger partial charge in [0.15, 0.2) is 0 Å². The molecule has 0 radical (unpaired) electrons. The highest BCUT2D eigenvalue weighted by molar-refractivity contribution is 7.98. The third kappa shape index (κ3) is 2.77. The van der Waals surface area contributed by atoms with Crippen molar-refractivity contribution in [1.29, 1.82) is 0 Å². The molecule has 0 N–H and O–H groups in total. The largest absolute Gasteiger partial charge is 0.362 e. The average Bonchev–Trinajstić information content (AvgIpc) is 2.39. The molecule has 0 amide bonds. The first-order chi connectivity index (χ1) is 7.81. The Kier molecular flexibility index (Phi) is 4.24. The van der Waals surface area contributed by atoms with Crippen molar-refractivity contribution in [2.75, 3.05) is 19.3 Å². The van der Waals surface area contributed by atoms with Gasteiger partial charge in [0.1, 0.15) is 4.99 Å². The van der Waals surface area contributed by atoms with Gasteiger partial charge in [-0.15, -0.1) is 11.8 Å². The van der Waals surface area contributed by atoms with E-state index in [1.54, 1.807) is 11.8 Å². The zero-order valence-corrected chi connectivity index (χ0v) is 11.2. The third-order valence-electron chi connectivity index (χ3n) is 2.98. The Morgan fingerprint density at radius 1 is 1.12 bits per heavy atom. The molecule has 0 unspecified atom stereocenters. The monoisotopic (exact) mass is 251 g/mol. The molecule has 16 heavy (non-hydrogen) atoms. The minimum atomic E-state index is 1.02.